The molecule has 0 aromatic heterocycles. The zero-order chi connectivity index (χ0) is 14.2. The van der Waals surface area contributed by atoms with Crippen LogP contribution in [-0.2, 0) is 0 Å². The Hall–Kier alpha value is -0.0800. The lowest BCUT2D eigenvalue weighted by Gasteiger charge is -2.38. The number of hydrogen-bond acceptors (Lipinski definition) is 2. The maximum Gasteiger partial charge on any atom is 0.00872 e. The predicted octanol–water partition coefficient (Wildman–Crippen LogP) is 3.91. The Labute approximate surface area is 116 Å². The first-order valence-corrected chi connectivity index (χ1v) is 7.82. The molecule has 0 amide bonds. The van der Waals surface area contributed by atoms with Crippen molar-refractivity contribution in [1.82, 2.24) is 10.2 Å². The first-order valence-electron chi connectivity index (χ1n) is 7.82. The van der Waals surface area contributed by atoms with Crippen molar-refractivity contribution in [3.05, 3.63) is 0 Å². The normalized spacial score (nSPS) is 15.7. The molecule has 2 nitrogen and oxygen atoms in total. The number of nitrogens with one attached hydrogen (secondary N) is 1. The molecule has 1 unspecified atom stereocenters. The van der Waals surface area contributed by atoms with Gasteiger partial charge in [-0.2, -0.15) is 0 Å². The van der Waals surface area contributed by atoms with Crippen LogP contribution in [0.4, 0.5) is 0 Å². The van der Waals surface area contributed by atoms with E-state index in [-0.39, 0.29) is 0 Å². The van der Waals surface area contributed by atoms with Crippen LogP contribution in [0, 0.1) is 5.41 Å². The van der Waals surface area contributed by atoms with E-state index in [4.69, 9.17) is 0 Å². The van der Waals surface area contributed by atoms with Gasteiger partial charge in [0.25, 0.3) is 0 Å². The SMILES string of the molecule is CCCC(C)(CNC(C)C)CN(C)C(CC)CC. The highest BCUT2D eigenvalue weighted by Gasteiger charge is 2.27. The molecule has 0 saturated heterocycles. The van der Waals surface area contributed by atoms with Crippen molar-refractivity contribution in [3.8, 4) is 0 Å². The van der Waals surface area contributed by atoms with Crippen LogP contribution in [0.5, 0.6) is 0 Å². The molecule has 0 aliphatic carbocycles. The predicted molar refractivity (Wildman–Crippen MR) is 83.2 cm³/mol. The summed E-state index contributed by atoms with van der Waals surface area (Å²) in [5, 5.41) is 3.62. The molecule has 0 aliphatic rings. The minimum Gasteiger partial charge on any atom is -0.314 e. The Bertz CT molecular complexity index is 199. The van der Waals surface area contributed by atoms with Crippen LogP contribution >= 0.6 is 0 Å². The highest BCUT2D eigenvalue weighted by molar-refractivity contribution is 4.82. The maximum atomic E-state index is 3.62. The first kappa shape index (κ1) is 17.9. The summed E-state index contributed by atoms with van der Waals surface area (Å²) in [5.41, 5.74) is 0.399. The number of nitrogens with zero attached hydrogens (tertiary/aromatic N) is 1. The Balaban J connectivity index is 4.47. The minimum absolute atomic E-state index is 0.399. The standard InChI is InChI=1S/C16H36N2/c1-8-11-16(6,12-17-14(4)5)13-18(7)15(9-2)10-3/h14-15,17H,8-13H2,1-7H3. The van der Waals surface area contributed by atoms with Gasteiger partial charge in [-0.25, -0.2) is 0 Å². The van der Waals surface area contributed by atoms with Gasteiger partial charge in [-0.15, -0.1) is 0 Å². The summed E-state index contributed by atoms with van der Waals surface area (Å²) in [6, 6.07) is 1.32. The third-order valence-corrected chi connectivity index (χ3v) is 3.99. The zero-order valence-corrected chi connectivity index (χ0v) is 13.8. The molecule has 18 heavy (non-hydrogen) atoms. The molecule has 0 fully saturated rings. The molecule has 1 N–H and O–H groups in total. The van der Waals surface area contributed by atoms with Gasteiger partial charge in [0.05, 0.1) is 0 Å². The lowest BCUT2D eigenvalue weighted by molar-refractivity contribution is 0.128. The summed E-state index contributed by atoms with van der Waals surface area (Å²) >= 11 is 0. The van der Waals surface area contributed by atoms with Crippen molar-refractivity contribution in [2.24, 2.45) is 5.41 Å². The molecule has 0 aromatic rings. The molecule has 0 aromatic carbocycles. The van der Waals surface area contributed by atoms with Gasteiger partial charge in [-0.05, 0) is 31.7 Å². The molecule has 0 aliphatic heterocycles. The quantitative estimate of drug-likeness (QED) is 0.637. The average Bonchev–Trinajstić information content (AvgIpc) is 2.28. The monoisotopic (exact) mass is 256 g/mol. The summed E-state index contributed by atoms with van der Waals surface area (Å²) < 4.78 is 0. The molecule has 0 saturated carbocycles. The Morgan fingerprint density at radius 3 is 2.06 bits per heavy atom. The number of rotatable bonds is 10. The molecule has 0 heterocycles. The van der Waals surface area contributed by atoms with Crippen molar-refractivity contribution >= 4 is 0 Å². The molecule has 0 bridgehead atoms. The molecule has 1 atom stereocenters. The highest BCUT2D eigenvalue weighted by atomic mass is 15.1. The van der Waals surface area contributed by atoms with Crippen LogP contribution in [0.3, 0.4) is 0 Å². The third-order valence-electron chi connectivity index (χ3n) is 3.99. The minimum atomic E-state index is 0.399. The van der Waals surface area contributed by atoms with Crippen LogP contribution in [0.1, 0.15) is 67.2 Å². The smallest absolute Gasteiger partial charge is 0.00872 e. The van der Waals surface area contributed by atoms with Crippen molar-refractivity contribution in [3.63, 3.8) is 0 Å². The maximum absolute atomic E-state index is 3.62. The van der Waals surface area contributed by atoms with E-state index in [0.29, 0.717) is 11.5 Å². The summed E-state index contributed by atoms with van der Waals surface area (Å²) in [6.07, 6.45) is 5.09. The van der Waals surface area contributed by atoms with Gasteiger partial charge in [0.15, 0.2) is 0 Å². The molecule has 0 rings (SSSR count). The van der Waals surface area contributed by atoms with E-state index < -0.39 is 0 Å². The molecule has 110 valence electrons. The Morgan fingerprint density at radius 1 is 1.11 bits per heavy atom. The summed E-state index contributed by atoms with van der Waals surface area (Å²) in [7, 11) is 2.29. The Morgan fingerprint density at radius 2 is 1.67 bits per heavy atom. The fourth-order valence-corrected chi connectivity index (χ4v) is 2.92. The fourth-order valence-electron chi connectivity index (χ4n) is 2.92. The molecular formula is C16H36N2. The van der Waals surface area contributed by atoms with E-state index in [1.54, 1.807) is 0 Å². The lowest BCUT2D eigenvalue weighted by Crippen LogP contribution is -2.45. The summed E-state index contributed by atoms with van der Waals surface area (Å²) in [4.78, 5) is 2.57. The summed E-state index contributed by atoms with van der Waals surface area (Å²) in [6.45, 7) is 16.1. The molecule has 2 heteroatoms. The third kappa shape index (κ3) is 6.75. The van der Waals surface area contributed by atoms with Crippen LogP contribution < -0.4 is 5.32 Å². The second kappa shape index (κ2) is 8.92. The van der Waals surface area contributed by atoms with E-state index in [1.807, 2.05) is 0 Å². The second-order valence-electron chi connectivity index (χ2n) is 6.48. The van der Waals surface area contributed by atoms with Crippen LogP contribution in [0.15, 0.2) is 0 Å². The zero-order valence-electron chi connectivity index (χ0n) is 13.8. The number of hydrogen-bond donors (Lipinski definition) is 1. The molecular weight excluding hydrogens is 220 g/mol. The van der Waals surface area contributed by atoms with Gasteiger partial charge in [0.2, 0.25) is 0 Å². The van der Waals surface area contributed by atoms with Crippen LogP contribution in [-0.4, -0.2) is 37.1 Å². The fraction of sp³-hybridized carbons (Fsp3) is 1.00. The van der Waals surface area contributed by atoms with Gasteiger partial charge in [0, 0.05) is 25.2 Å². The van der Waals surface area contributed by atoms with Gasteiger partial charge in [-0.1, -0.05) is 48.0 Å². The van der Waals surface area contributed by atoms with Gasteiger partial charge < -0.3 is 10.2 Å². The van der Waals surface area contributed by atoms with E-state index in [2.05, 4.69) is 58.8 Å². The van der Waals surface area contributed by atoms with Gasteiger partial charge >= 0.3 is 0 Å². The first-order chi connectivity index (χ1) is 8.38. The van der Waals surface area contributed by atoms with Crippen LogP contribution in [0.25, 0.3) is 0 Å². The molecule has 0 radical (unpaired) electrons. The van der Waals surface area contributed by atoms with E-state index in [1.165, 1.54) is 32.2 Å². The van der Waals surface area contributed by atoms with Crippen molar-refractivity contribution < 1.29 is 0 Å². The van der Waals surface area contributed by atoms with E-state index in [0.717, 1.165) is 12.6 Å². The van der Waals surface area contributed by atoms with Crippen LogP contribution in [0.2, 0.25) is 0 Å². The highest BCUT2D eigenvalue weighted by Crippen LogP contribution is 2.25. The summed E-state index contributed by atoms with van der Waals surface area (Å²) in [5.74, 6) is 0. The van der Waals surface area contributed by atoms with E-state index in [9.17, 15) is 0 Å². The van der Waals surface area contributed by atoms with Gasteiger partial charge in [0.1, 0.15) is 0 Å². The van der Waals surface area contributed by atoms with Crippen molar-refractivity contribution in [1.29, 1.82) is 0 Å². The lowest BCUT2D eigenvalue weighted by atomic mass is 9.84. The van der Waals surface area contributed by atoms with Gasteiger partial charge in [-0.3, -0.25) is 0 Å². The topological polar surface area (TPSA) is 15.3 Å². The largest absolute Gasteiger partial charge is 0.314 e. The van der Waals surface area contributed by atoms with Crippen molar-refractivity contribution in [2.45, 2.75) is 79.3 Å². The molecule has 0 spiro atoms. The van der Waals surface area contributed by atoms with E-state index >= 15 is 0 Å². The van der Waals surface area contributed by atoms with Crippen molar-refractivity contribution in [2.75, 3.05) is 20.1 Å². The second-order valence-corrected chi connectivity index (χ2v) is 6.48. The average molecular weight is 256 g/mol. The Kier molecular flexibility index (Phi) is 8.89.